The molecule has 1 atom stereocenters. The van der Waals surface area contributed by atoms with Crippen molar-refractivity contribution < 1.29 is 9.59 Å². The van der Waals surface area contributed by atoms with Gasteiger partial charge in [-0.15, -0.1) is 0 Å². The highest BCUT2D eigenvalue weighted by molar-refractivity contribution is 6.36. The van der Waals surface area contributed by atoms with Crippen LogP contribution in [-0.4, -0.2) is 24.4 Å². The normalized spacial score (nSPS) is 23.6. The topological polar surface area (TPSA) is 58.2 Å². The van der Waals surface area contributed by atoms with Gasteiger partial charge in [0.1, 0.15) is 0 Å². The predicted octanol–water partition coefficient (Wildman–Crippen LogP) is 0.700. The number of nitrogens with one attached hydrogen (secondary N) is 2. The predicted molar refractivity (Wildman–Crippen MR) is 54.0 cm³/mol. The van der Waals surface area contributed by atoms with Crippen LogP contribution in [0, 0.1) is 0 Å². The van der Waals surface area contributed by atoms with E-state index >= 15 is 0 Å². The Balaban J connectivity index is 2.38. The summed E-state index contributed by atoms with van der Waals surface area (Å²) in [5.41, 5.74) is 1.24. The highest BCUT2D eigenvalue weighted by Gasteiger charge is 2.25. The molecule has 0 radical (unpaired) electrons. The molecule has 78 valence electrons. The summed E-state index contributed by atoms with van der Waals surface area (Å²) < 4.78 is 0. The number of hydrogen-bond donors (Lipinski definition) is 2. The van der Waals surface area contributed by atoms with E-state index in [0.717, 1.165) is 0 Å². The first kappa shape index (κ1) is 11.5. The van der Waals surface area contributed by atoms with Gasteiger partial charge in [-0.25, -0.2) is 0 Å². The van der Waals surface area contributed by atoms with E-state index in [1.165, 1.54) is 5.54 Å². The standard InChI is InChI=1S/C8H10Cl2N2O2/c9-3-5(10)4-11-6-1-2-7(13)12-8(6)14/h3,6,11H,1-2,4H2,(H,12,13,14)/b5-3+. The number of piperidine rings is 1. The summed E-state index contributed by atoms with van der Waals surface area (Å²) in [5.74, 6) is -0.535. The first-order valence-electron chi connectivity index (χ1n) is 4.15. The second kappa shape index (κ2) is 5.34. The third-order valence-electron chi connectivity index (χ3n) is 1.87. The zero-order valence-electron chi connectivity index (χ0n) is 7.35. The monoisotopic (exact) mass is 236 g/mol. The Bertz CT molecular complexity index is 279. The molecule has 1 rings (SSSR count). The van der Waals surface area contributed by atoms with Crippen molar-refractivity contribution in [2.45, 2.75) is 18.9 Å². The summed E-state index contributed by atoms with van der Waals surface area (Å²) >= 11 is 11.0. The van der Waals surface area contributed by atoms with Gasteiger partial charge in [0.2, 0.25) is 11.8 Å². The minimum Gasteiger partial charge on any atom is -0.301 e. The summed E-state index contributed by atoms with van der Waals surface area (Å²) in [4.78, 5) is 22.0. The number of carbonyl (C=O) groups is 2. The van der Waals surface area contributed by atoms with Gasteiger partial charge in [-0.3, -0.25) is 14.9 Å². The molecule has 4 nitrogen and oxygen atoms in total. The minimum atomic E-state index is -0.363. The van der Waals surface area contributed by atoms with Gasteiger partial charge in [0, 0.05) is 23.5 Å². The lowest BCUT2D eigenvalue weighted by Crippen LogP contribution is -2.50. The Morgan fingerprint density at radius 3 is 2.93 bits per heavy atom. The van der Waals surface area contributed by atoms with Crippen LogP contribution in [0.3, 0.4) is 0 Å². The van der Waals surface area contributed by atoms with Crippen molar-refractivity contribution in [2.75, 3.05) is 6.54 Å². The second-order valence-corrected chi connectivity index (χ2v) is 3.64. The molecule has 0 bridgehead atoms. The smallest absolute Gasteiger partial charge is 0.243 e. The molecular formula is C8H10Cl2N2O2. The summed E-state index contributed by atoms with van der Waals surface area (Å²) in [6, 6.07) is -0.363. The SMILES string of the molecule is O=C1CCC(NC/C(Cl)=C\Cl)C(=O)N1. The maximum Gasteiger partial charge on any atom is 0.243 e. The molecule has 1 aliphatic heterocycles. The van der Waals surface area contributed by atoms with Crippen LogP contribution in [0.4, 0.5) is 0 Å². The molecule has 14 heavy (non-hydrogen) atoms. The third kappa shape index (κ3) is 3.29. The van der Waals surface area contributed by atoms with E-state index in [4.69, 9.17) is 23.2 Å². The number of imide groups is 1. The van der Waals surface area contributed by atoms with Crippen LogP contribution < -0.4 is 10.6 Å². The van der Waals surface area contributed by atoms with Crippen LogP contribution in [-0.2, 0) is 9.59 Å². The van der Waals surface area contributed by atoms with Crippen LogP contribution in [0.2, 0.25) is 0 Å². The molecule has 1 fully saturated rings. The molecule has 0 aromatic carbocycles. The second-order valence-electron chi connectivity index (χ2n) is 2.94. The molecule has 0 spiro atoms. The molecule has 1 saturated heterocycles. The van der Waals surface area contributed by atoms with Gasteiger partial charge in [0.05, 0.1) is 6.04 Å². The van der Waals surface area contributed by atoms with Crippen LogP contribution in [0.1, 0.15) is 12.8 Å². The largest absolute Gasteiger partial charge is 0.301 e. The average Bonchev–Trinajstić information content (AvgIpc) is 2.16. The third-order valence-corrected chi connectivity index (χ3v) is 2.49. The van der Waals surface area contributed by atoms with Gasteiger partial charge in [-0.1, -0.05) is 23.2 Å². The zero-order valence-corrected chi connectivity index (χ0v) is 8.86. The first-order chi connectivity index (χ1) is 6.63. The molecule has 0 aromatic rings. The molecule has 0 aliphatic carbocycles. The van der Waals surface area contributed by atoms with Gasteiger partial charge in [-0.2, -0.15) is 0 Å². The van der Waals surface area contributed by atoms with Crippen LogP contribution in [0.5, 0.6) is 0 Å². The lowest BCUT2D eigenvalue weighted by atomic mass is 10.1. The molecule has 0 saturated carbocycles. The fourth-order valence-electron chi connectivity index (χ4n) is 1.15. The maximum absolute atomic E-state index is 11.2. The Morgan fingerprint density at radius 1 is 1.64 bits per heavy atom. The highest BCUT2D eigenvalue weighted by atomic mass is 35.5. The average molecular weight is 237 g/mol. The number of hydrogen-bond acceptors (Lipinski definition) is 3. The molecule has 6 heteroatoms. The number of amides is 2. The number of rotatable bonds is 3. The van der Waals surface area contributed by atoms with Gasteiger partial charge in [-0.05, 0) is 6.42 Å². The quantitative estimate of drug-likeness (QED) is 0.710. The Morgan fingerprint density at radius 2 is 2.36 bits per heavy atom. The fraction of sp³-hybridized carbons (Fsp3) is 0.500. The Hall–Kier alpha value is -0.580. The van der Waals surface area contributed by atoms with E-state index in [9.17, 15) is 9.59 Å². The van der Waals surface area contributed by atoms with Crippen molar-refractivity contribution in [1.29, 1.82) is 0 Å². The molecule has 0 aromatic heterocycles. The van der Waals surface area contributed by atoms with Crippen molar-refractivity contribution in [3.8, 4) is 0 Å². The van der Waals surface area contributed by atoms with Crippen LogP contribution in [0.15, 0.2) is 10.6 Å². The van der Waals surface area contributed by atoms with E-state index in [0.29, 0.717) is 24.4 Å². The number of carbonyl (C=O) groups excluding carboxylic acids is 2. The molecule has 1 unspecified atom stereocenters. The molecular weight excluding hydrogens is 227 g/mol. The van der Waals surface area contributed by atoms with E-state index in [2.05, 4.69) is 10.6 Å². The molecule has 1 heterocycles. The van der Waals surface area contributed by atoms with Crippen molar-refractivity contribution in [3.05, 3.63) is 10.6 Å². The van der Waals surface area contributed by atoms with Crippen LogP contribution >= 0.6 is 23.2 Å². The van der Waals surface area contributed by atoms with E-state index in [1.807, 2.05) is 0 Å². The summed E-state index contributed by atoms with van der Waals surface area (Å²) in [6.45, 7) is 0.331. The lowest BCUT2D eigenvalue weighted by molar-refractivity contribution is -0.134. The van der Waals surface area contributed by atoms with Gasteiger partial charge >= 0.3 is 0 Å². The van der Waals surface area contributed by atoms with Gasteiger partial charge in [0.15, 0.2) is 0 Å². The number of halogens is 2. The van der Waals surface area contributed by atoms with E-state index in [-0.39, 0.29) is 17.9 Å². The van der Waals surface area contributed by atoms with Gasteiger partial charge < -0.3 is 5.32 Å². The zero-order chi connectivity index (χ0) is 10.6. The maximum atomic E-state index is 11.2. The van der Waals surface area contributed by atoms with E-state index < -0.39 is 0 Å². The summed E-state index contributed by atoms with van der Waals surface area (Å²) in [5, 5.41) is 5.56. The van der Waals surface area contributed by atoms with Crippen molar-refractivity contribution >= 4 is 35.0 Å². The highest BCUT2D eigenvalue weighted by Crippen LogP contribution is 2.06. The Labute approximate surface area is 91.6 Å². The van der Waals surface area contributed by atoms with Crippen LogP contribution in [0.25, 0.3) is 0 Å². The van der Waals surface area contributed by atoms with Gasteiger partial charge in [0.25, 0.3) is 0 Å². The van der Waals surface area contributed by atoms with Crippen molar-refractivity contribution in [2.24, 2.45) is 0 Å². The van der Waals surface area contributed by atoms with Crippen molar-refractivity contribution in [1.82, 2.24) is 10.6 Å². The summed E-state index contributed by atoms with van der Waals surface area (Å²) in [6.07, 6.45) is 0.850. The van der Waals surface area contributed by atoms with Crippen molar-refractivity contribution in [3.63, 3.8) is 0 Å². The first-order valence-corrected chi connectivity index (χ1v) is 4.96. The Kier molecular flexibility index (Phi) is 4.38. The molecule has 2 amide bonds. The van der Waals surface area contributed by atoms with E-state index in [1.54, 1.807) is 0 Å². The fourth-order valence-corrected chi connectivity index (χ4v) is 1.30. The molecule has 2 N–H and O–H groups in total. The molecule has 1 aliphatic rings. The lowest BCUT2D eigenvalue weighted by Gasteiger charge is -2.21. The minimum absolute atomic E-state index is 0.230. The summed E-state index contributed by atoms with van der Waals surface area (Å²) in [7, 11) is 0.